The quantitative estimate of drug-likeness (QED) is 0.787. The molecule has 1 saturated carbocycles. The van der Waals surface area contributed by atoms with Crippen molar-refractivity contribution in [2.24, 2.45) is 11.8 Å². The van der Waals surface area contributed by atoms with Gasteiger partial charge >= 0.3 is 0 Å². The normalized spacial score (nSPS) is 29.8. The second-order valence-electron chi connectivity index (χ2n) is 9.77. The van der Waals surface area contributed by atoms with Gasteiger partial charge in [0.1, 0.15) is 0 Å². The maximum absolute atomic E-state index is 12.7. The van der Waals surface area contributed by atoms with Crippen molar-refractivity contribution in [3.05, 3.63) is 11.7 Å². The summed E-state index contributed by atoms with van der Waals surface area (Å²) in [5, 5.41) is 7.28. The van der Waals surface area contributed by atoms with Crippen molar-refractivity contribution in [3.63, 3.8) is 0 Å². The fourth-order valence-corrected chi connectivity index (χ4v) is 5.62. The largest absolute Gasteiger partial charge is 0.352 e. The first-order valence-corrected chi connectivity index (χ1v) is 11.5. The summed E-state index contributed by atoms with van der Waals surface area (Å²) in [6.45, 7) is 9.48. The van der Waals surface area contributed by atoms with Gasteiger partial charge in [0.2, 0.25) is 17.7 Å². The zero-order valence-corrected chi connectivity index (χ0v) is 18.5. The van der Waals surface area contributed by atoms with Crippen molar-refractivity contribution < 1.29 is 14.1 Å². The van der Waals surface area contributed by atoms with Gasteiger partial charge in [-0.3, -0.25) is 14.5 Å². The van der Waals surface area contributed by atoms with Crippen molar-refractivity contribution in [3.8, 4) is 0 Å². The van der Waals surface area contributed by atoms with Crippen LogP contribution in [-0.4, -0.2) is 70.5 Å². The molecule has 1 aromatic rings. The highest BCUT2D eigenvalue weighted by Gasteiger charge is 2.58. The Morgan fingerprint density at radius 1 is 1.23 bits per heavy atom. The van der Waals surface area contributed by atoms with Gasteiger partial charge in [0.15, 0.2) is 5.82 Å². The number of carbonyl (C=O) groups excluding carboxylic acids is 2. The second kappa shape index (κ2) is 8.65. The monoisotopic (exact) mass is 417 g/mol. The maximum Gasteiger partial charge on any atom is 0.235 e. The molecule has 1 aromatic heterocycles. The predicted molar refractivity (Wildman–Crippen MR) is 112 cm³/mol. The highest BCUT2D eigenvalue weighted by atomic mass is 16.5. The van der Waals surface area contributed by atoms with Gasteiger partial charge in [-0.2, -0.15) is 4.98 Å². The van der Waals surface area contributed by atoms with E-state index in [0.29, 0.717) is 31.3 Å². The molecule has 30 heavy (non-hydrogen) atoms. The van der Waals surface area contributed by atoms with E-state index in [2.05, 4.69) is 20.4 Å². The van der Waals surface area contributed by atoms with E-state index in [1.54, 1.807) is 0 Å². The van der Waals surface area contributed by atoms with Gasteiger partial charge < -0.3 is 14.7 Å². The number of carbonyl (C=O) groups is 2. The maximum atomic E-state index is 12.7. The molecule has 2 saturated heterocycles. The van der Waals surface area contributed by atoms with Crippen LogP contribution in [0.25, 0.3) is 0 Å². The Labute approximate surface area is 178 Å². The number of hydrogen-bond acceptors (Lipinski definition) is 6. The number of hydrogen-bond donors (Lipinski definition) is 1. The summed E-state index contributed by atoms with van der Waals surface area (Å²) in [7, 11) is 0. The highest BCUT2D eigenvalue weighted by Crippen LogP contribution is 2.50. The van der Waals surface area contributed by atoms with Crippen LogP contribution in [0.15, 0.2) is 4.52 Å². The number of fused-ring (bicyclic) bond motifs is 1. The summed E-state index contributed by atoms with van der Waals surface area (Å²) >= 11 is 0. The Hall–Kier alpha value is -1.96. The number of rotatable bonds is 5. The molecule has 0 radical (unpaired) electrons. The fraction of sp³-hybridized carbons (Fsp3) is 0.818. The van der Waals surface area contributed by atoms with E-state index in [4.69, 9.17) is 4.52 Å². The third kappa shape index (κ3) is 4.24. The molecule has 4 rings (SSSR count). The Morgan fingerprint density at radius 3 is 2.60 bits per heavy atom. The van der Waals surface area contributed by atoms with Crippen LogP contribution >= 0.6 is 0 Å². The molecule has 8 heteroatoms. The summed E-state index contributed by atoms with van der Waals surface area (Å²) in [5.41, 5.74) is -0.355. The molecule has 3 aliphatic rings. The fourth-order valence-electron chi connectivity index (χ4n) is 5.62. The first kappa shape index (κ1) is 21.3. The summed E-state index contributed by atoms with van der Waals surface area (Å²) < 4.78 is 5.61. The topological polar surface area (TPSA) is 91.6 Å². The molecule has 0 bridgehead atoms. The highest BCUT2D eigenvalue weighted by molar-refractivity contribution is 5.79. The molecule has 1 unspecified atom stereocenters. The van der Waals surface area contributed by atoms with Crippen LogP contribution < -0.4 is 5.32 Å². The third-order valence-corrected chi connectivity index (χ3v) is 7.07. The number of nitrogens with one attached hydrogen (secondary N) is 1. The number of amides is 2. The Morgan fingerprint density at radius 2 is 1.97 bits per heavy atom. The number of aryl methyl sites for hydroxylation is 1. The summed E-state index contributed by atoms with van der Waals surface area (Å²) in [5.74, 6) is 1.70. The average molecular weight is 418 g/mol. The molecule has 2 amide bonds. The first-order chi connectivity index (χ1) is 14.4. The average Bonchev–Trinajstić information content (AvgIpc) is 3.29. The van der Waals surface area contributed by atoms with E-state index in [1.807, 2.05) is 25.7 Å². The van der Waals surface area contributed by atoms with E-state index in [9.17, 15) is 9.59 Å². The third-order valence-electron chi connectivity index (χ3n) is 7.07. The molecule has 3 fully saturated rings. The van der Waals surface area contributed by atoms with Crippen LogP contribution in [0.4, 0.5) is 0 Å². The van der Waals surface area contributed by atoms with Crippen LogP contribution in [0.1, 0.15) is 64.1 Å². The van der Waals surface area contributed by atoms with Gasteiger partial charge in [0.25, 0.3) is 0 Å². The van der Waals surface area contributed by atoms with Crippen molar-refractivity contribution in [1.29, 1.82) is 0 Å². The van der Waals surface area contributed by atoms with E-state index in [0.717, 1.165) is 25.9 Å². The van der Waals surface area contributed by atoms with Crippen LogP contribution in [0.3, 0.4) is 0 Å². The van der Waals surface area contributed by atoms with E-state index < -0.39 is 0 Å². The van der Waals surface area contributed by atoms with Crippen LogP contribution in [0.2, 0.25) is 0 Å². The van der Waals surface area contributed by atoms with Gasteiger partial charge in [-0.15, -0.1) is 0 Å². The van der Waals surface area contributed by atoms with Gasteiger partial charge in [-0.25, -0.2) is 0 Å². The minimum Gasteiger partial charge on any atom is -0.352 e. The first-order valence-electron chi connectivity index (χ1n) is 11.5. The molecule has 8 nitrogen and oxygen atoms in total. The summed E-state index contributed by atoms with van der Waals surface area (Å²) in [6.07, 6.45) is 6.47. The Balaban J connectivity index is 1.44. The lowest BCUT2D eigenvalue weighted by molar-refractivity contribution is -0.134. The Kier molecular flexibility index (Phi) is 6.14. The minimum absolute atomic E-state index is 0.0329. The molecule has 1 aliphatic carbocycles. The van der Waals surface area contributed by atoms with Gasteiger partial charge in [-0.05, 0) is 51.6 Å². The van der Waals surface area contributed by atoms with E-state index >= 15 is 0 Å². The van der Waals surface area contributed by atoms with Crippen molar-refractivity contribution in [2.45, 2.75) is 70.8 Å². The van der Waals surface area contributed by atoms with Crippen LogP contribution in [-0.2, 0) is 15.0 Å². The molecule has 3 heterocycles. The second-order valence-corrected chi connectivity index (χ2v) is 9.77. The lowest BCUT2D eigenvalue weighted by atomic mass is 9.80. The standard InChI is InChI=1S/C22H35N5O3/c1-15(2)20(29)27-12-17-10-18(11-22(17,14-27)21-23-16(3)25-30-21)24-19(28)13-26-8-6-4-5-7-9-26/h15,17-18H,4-14H2,1-3H3,(H,24,28)/t17?,18-,22+/m1/s1. The van der Waals surface area contributed by atoms with Crippen molar-refractivity contribution in [1.82, 2.24) is 25.3 Å². The molecular weight excluding hydrogens is 382 g/mol. The molecule has 166 valence electrons. The van der Waals surface area contributed by atoms with Crippen LogP contribution in [0.5, 0.6) is 0 Å². The Bertz CT molecular complexity index is 771. The number of aromatic nitrogens is 2. The molecule has 1 N–H and O–H groups in total. The SMILES string of the molecule is Cc1noc([C@]23C[C@H](NC(=O)CN4CCCCCC4)CC2CN(C(=O)C(C)C)C3)n1. The van der Waals surface area contributed by atoms with Gasteiger partial charge in [0, 0.05) is 25.0 Å². The lowest BCUT2D eigenvalue weighted by Crippen LogP contribution is -2.43. The molecule has 3 atom stereocenters. The zero-order valence-electron chi connectivity index (χ0n) is 18.5. The molecule has 0 aromatic carbocycles. The summed E-state index contributed by atoms with van der Waals surface area (Å²) in [6, 6.07) is 0.0815. The smallest absolute Gasteiger partial charge is 0.235 e. The number of nitrogens with zero attached hydrogens (tertiary/aromatic N) is 4. The van der Waals surface area contributed by atoms with E-state index in [-0.39, 0.29) is 35.1 Å². The molecule has 0 spiro atoms. The van der Waals surface area contributed by atoms with Crippen molar-refractivity contribution in [2.75, 3.05) is 32.7 Å². The molecular formula is C22H35N5O3. The zero-order chi connectivity index (χ0) is 21.3. The lowest BCUT2D eigenvalue weighted by Gasteiger charge is -2.26. The van der Waals surface area contributed by atoms with Crippen LogP contribution in [0, 0.1) is 18.8 Å². The minimum atomic E-state index is -0.355. The van der Waals surface area contributed by atoms with Crippen molar-refractivity contribution >= 4 is 11.8 Å². The van der Waals surface area contributed by atoms with Gasteiger partial charge in [0.05, 0.1) is 12.0 Å². The predicted octanol–water partition coefficient (Wildman–Crippen LogP) is 1.88. The summed E-state index contributed by atoms with van der Waals surface area (Å²) in [4.78, 5) is 34.2. The number of likely N-dealkylation sites (tertiary alicyclic amines) is 2. The van der Waals surface area contributed by atoms with Gasteiger partial charge in [-0.1, -0.05) is 31.8 Å². The van der Waals surface area contributed by atoms with E-state index in [1.165, 1.54) is 25.7 Å². The molecule has 2 aliphatic heterocycles.